The number of thioether (sulfide) groups is 1. The number of benzene rings is 2. The highest BCUT2D eigenvalue weighted by Crippen LogP contribution is 2.43. The van der Waals surface area contributed by atoms with Gasteiger partial charge in [0.25, 0.3) is 0 Å². The summed E-state index contributed by atoms with van der Waals surface area (Å²) in [6.45, 7) is 4.47. The maximum absolute atomic E-state index is 12.0. The topological polar surface area (TPSA) is 84.9 Å². The van der Waals surface area contributed by atoms with Gasteiger partial charge in [-0.3, -0.25) is 10.00 Å². The van der Waals surface area contributed by atoms with Crippen LogP contribution in [0.2, 0.25) is 0 Å². The highest BCUT2D eigenvalue weighted by Gasteiger charge is 2.28. The zero-order valence-corrected chi connectivity index (χ0v) is 21.3. The Morgan fingerprint density at radius 2 is 2.06 bits per heavy atom. The van der Waals surface area contributed by atoms with Gasteiger partial charge in [0.15, 0.2) is 0 Å². The molecule has 4 aromatic rings. The number of amides is 1. The third kappa shape index (κ3) is 4.98. The summed E-state index contributed by atoms with van der Waals surface area (Å²) >= 11 is 1.80. The first-order valence-corrected chi connectivity index (χ1v) is 13.3. The molecule has 1 aliphatic rings. The second-order valence-electron chi connectivity index (χ2n) is 9.24. The number of ether oxygens (including phenoxy) is 1. The van der Waals surface area contributed by atoms with Crippen LogP contribution in [0.15, 0.2) is 65.8 Å². The molecule has 0 atom stereocenters. The molecule has 36 heavy (non-hydrogen) atoms. The van der Waals surface area contributed by atoms with Gasteiger partial charge in [0.2, 0.25) is 0 Å². The third-order valence-electron chi connectivity index (χ3n) is 6.42. The summed E-state index contributed by atoms with van der Waals surface area (Å²) in [5.41, 5.74) is 4.38. The quantitative estimate of drug-likeness (QED) is 0.268. The Kier molecular flexibility index (Phi) is 7.01. The lowest BCUT2D eigenvalue weighted by Gasteiger charge is -2.30. The van der Waals surface area contributed by atoms with E-state index >= 15 is 0 Å². The van der Waals surface area contributed by atoms with E-state index in [0.29, 0.717) is 17.3 Å². The summed E-state index contributed by atoms with van der Waals surface area (Å²) < 4.78 is 9.48. The average Bonchev–Trinajstić information content (AvgIpc) is 3.44. The number of carbonyl (C=O) groups is 1. The van der Waals surface area contributed by atoms with Crippen molar-refractivity contribution in [2.24, 2.45) is 0 Å². The fourth-order valence-electron chi connectivity index (χ4n) is 4.56. The van der Waals surface area contributed by atoms with Crippen LogP contribution in [-0.4, -0.2) is 32.3 Å². The van der Waals surface area contributed by atoms with Gasteiger partial charge in [0.05, 0.1) is 29.4 Å². The minimum absolute atomic E-state index is 0.186. The summed E-state index contributed by atoms with van der Waals surface area (Å²) in [5.74, 6) is 0.920. The summed E-state index contributed by atoms with van der Waals surface area (Å²) in [4.78, 5) is 13.2. The number of nitrogens with zero attached hydrogens (tertiary/aromatic N) is 4. The molecule has 1 N–H and O–H groups in total. The number of rotatable bonds is 8. The van der Waals surface area contributed by atoms with E-state index in [2.05, 4.69) is 39.3 Å². The Labute approximate surface area is 215 Å². The van der Waals surface area contributed by atoms with E-state index in [0.717, 1.165) is 47.3 Å². The zero-order valence-electron chi connectivity index (χ0n) is 20.5. The molecule has 8 heteroatoms. The van der Waals surface area contributed by atoms with Crippen LogP contribution < -0.4 is 5.32 Å². The van der Waals surface area contributed by atoms with Gasteiger partial charge in [0, 0.05) is 40.2 Å². The maximum atomic E-state index is 12.0. The van der Waals surface area contributed by atoms with Crippen LogP contribution in [0.3, 0.4) is 0 Å². The van der Waals surface area contributed by atoms with E-state index in [1.165, 1.54) is 11.3 Å². The number of aromatic nitrogens is 3. The lowest BCUT2D eigenvalue weighted by molar-refractivity contribution is 0.130. The molecule has 0 bridgehead atoms. The van der Waals surface area contributed by atoms with Gasteiger partial charge in [-0.05, 0) is 69.0 Å². The molecular weight excluding hydrogens is 470 g/mol. The Hall–Kier alpha value is -3.70. The van der Waals surface area contributed by atoms with Crippen LogP contribution >= 0.6 is 11.8 Å². The molecule has 2 aromatic heterocycles. The van der Waals surface area contributed by atoms with E-state index in [1.54, 1.807) is 18.0 Å². The fourth-order valence-corrected chi connectivity index (χ4v) is 5.44. The first-order valence-electron chi connectivity index (χ1n) is 12.3. The molecule has 2 aromatic carbocycles. The Balaban J connectivity index is 1.47. The van der Waals surface area contributed by atoms with E-state index in [9.17, 15) is 10.1 Å². The molecule has 1 fully saturated rings. The van der Waals surface area contributed by atoms with Gasteiger partial charge >= 0.3 is 6.09 Å². The highest BCUT2D eigenvalue weighted by molar-refractivity contribution is 7.99. The van der Waals surface area contributed by atoms with Crippen molar-refractivity contribution >= 4 is 34.4 Å². The molecule has 1 amide bonds. The molecule has 2 heterocycles. The zero-order chi connectivity index (χ0) is 25.1. The van der Waals surface area contributed by atoms with Crippen molar-refractivity contribution in [2.75, 3.05) is 11.1 Å². The van der Waals surface area contributed by atoms with Gasteiger partial charge in [-0.2, -0.15) is 10.4 Å². The van der Waals surface area contributed by atoms with Crippen molar-refractivity contribution in [2.45, 2.75) is 56.7 Å². The lowest BCUT2D eigenvalue weighted by Crippen LogP contribution is -2.18. The molecule has 1 saturated carbocycles. The summed E-state index contributed by atoms with van der Waals surface area (Å²) in [7, 11) is 0. The monoisotopic (exact) mass is 499 g/mol. The number of nitrogens with one attached hydrogen (secondary N) is 1. The van der Waals surface area contributed by atoms with Crippen LogP contribution in [0.25, 0.3) is 22.2 Å². The number of hydrogen-bond acceptors (Lipinski definition) is 5. The minimum atomic E-state index is -0.475. The van der Waals surface area contributed by atoms with E-state index in [4.69, 9.17) is 4.74 Å². The van der Waals surface area contributed by atoms with Crippen molar-refractivity contribution in [3.63, 3.8) is 0 Å². The molecule has 0 saturated heterocycles. The molecular formula is C28H29N5O2S. The smallest absolute Gasteiger partial charge is 0.411 e. The predicted octanol–water partition coefficient (Wildman–Crippen LogP) is 6.85. The van der Waals surface area contributed by atoms with Gasteiger partial charge < -0.3 is 9.30 Å². The summed E-state index contributed by atoms with van der Waals surface area (Å²) in [6, 6.07) is 18.9. The van der Waals surface area contributed by atoms with Crippen molar-refractivity contribution in [3.8, 4) is 17.3 Å². The molecule has 0 spiro atoms. The average molecular weight is 500 g/mol. The Morgan fingerprint density at radius 1 is 1.25 bits per heavy atom. The number of hydrogen-bond donors (Lipinski definition) is 1. The maximum Gasteiger partial charge on any atom is 0.411 e. The van der Waals surface area contributed by atoms with Crippen LogP contribution in [0.4, 0.5) is 10.5 Å². The second-order valence-corrected chi connectivity index (χ2v) is 10.4. The Bertz CT molecular complexity index is 1400. The number of aryl methyl sites for hydroxylation is 1. The van der Waals surface area contributed by atoms with Gasteiger partial charge in [-0.1, -0.05) is 18.2 Å². The first-order chi connectivity index (χ1) is 17.5. The molecule has 1 aliphatic carbocycles. The van der Waals surface area contributed by atoms with Crippen LogP contribution in [0, 0.1) is 11.3 Å². The standard InChI is InChI=1S/C28H29N5O2S/c1-19(2)35-28(34)31-21-9-7-20(8-10-21)27-25(18-29)24-12-11-23(36-16-15-32-14-4-13-30-32)17-26(24)33(27)22-5-3-6-22/h4,7-14,17,19,22H,3,5-6,15-16H2,1-2H3,(H,31,34). The van der Waals surface area contributed by atoms with Crippen LogP contribution in [0.1, 0.15) is 44.7 Å². The Morgan fingerprint density at radius 3 is 2.69 bits per heavy atom. The minimum Gasteiger partial charge on any atom is -0.447 e. The fraction of sp³-hybridized carbons (Fsp3) is 0.321. The normalized spacial score (nSPS) is 13.5. The van der Waals surface area contributed by atoms with Crippen molar-refractivity contribution in [1.82, 2.24) is 14.3 Å². The summed E-state index contributed by atoms with van der Waals surface area (Å²) in [5, 5.41) is 18.2. The van der Waals surface area contributed by atoms with E-state index in [1.807, 2.05) is 55.1 Å². The molecule has 0 radical (unpaired) electrons. The third-order valence-corrected chi connectivity index (χ3v) is 7.40. The number of fused-ring (bicyclic) bond motifs is 1. The van der Waals surface area contributed by atoms with Gasteiger partial charge in [-0.15, -0.1) is 11.8 Å². The SMILES string of the molecule is CC(C)OC(=O)Nc1ccc(-c2c(C#N)c3ccc(SCCn4cccn4)cc3n2C2CCC2)cc1. The highest BCUT2D eigenvalue weighted by atomic mass is 32.2. The largest absolute Gasteiger partial charge is 0.447 e. The van der Waals surface area contributed by atoms with Crippen LogP contribution in [0.5, 0.6) is 0 Å². The number of carbonyl (C=O) groups excluding carboxylic acids is 1. The number of nitriles is 1. The predicted molar refractivity (Wildman–Crippen MR) is 143 cm³/mol. The lowest BCUT2D eigenvalue weighted by atomic mass is 9.92. The number of anilines is 1. The molecule has 0 unspecified atom stereocenters. The second kappa shape index (κ2) is 10.5. The van der Waals surface area contributed by atoms with E-state index in [-0.39, 0.29) is 6.10 Å². The first kappa shape index (κ1) is 24.0. The molecule has 184 valence electrons. The van der Waals surface area contributed by atoms with E-state index < -0.39 is 6.09 Å². The van der Waals surface area contributed by atoms with Gasteiger partial charge in [0.1, 0.15) is 6.07 Å². The molecule has 0 aliphatic heterocycles. The van der Waals surface area contributed by atoms with Crippen molar-refractivity contribution in [3.05, 3.63) is 66.5 Å². The van der Waals surface area contributed by atoms with Gasteiger partial charge in [-0.25, -0.2) is 4.79 Å². The van der Waals surface area contributed by atoms with Crippen LogP contribution in [-0.2, 0) is 11.3 Å². The molecule has 5 rings (SSSR count). The molecule has 7 nitrogen and oxygen atoms in total. The summed E-state index contributed by atoms with van der Waals surface area (Å²) in [6.07, 6.45) is 6.53. The van der Waals surface area contributed by atoms with Crippen molar-refractivity contribution < 1.29 is 9.53 Å². The van der Waals surface area contributed by atoms with Crippen molar-refractivity contribution in [1.29, 1.82) is 5.26 Å².